The van der Waals surface area contributed by atoms with Gasteiger partial charge in [0.15, 0.2) is 11.8 Å². The Labute approximate surface area is 225 Å². The molecule has 0 spiro atoms. The molecule has 0 aromatic heterocycles. The first-order valence-corrected chi connectivity index (χ1v) is 10.6. The molecule has 2 aromatic carbocycles. The van der Waals surface area contributed by atoms with Crippen molar-refractivity contribution in [3.05, 3.63) is 65.4 Å². The molecule has 3 rings (SSSR count). The third-order valence-electron chi connectivity index (χ3n) is 5.78. The van der Waals surface area contributed by atoms with Crippen LogP contribution in [0.3, 0.4) is 0 Å². The first kappa shape index (κ1) is 28.1. The summed E-state index contributed by atoms with van der Waals surface area (Å²) in [6.07, 6.45) is 2.08. The van der Waals surface area contributed by atoms with E-state index in [0.29, 0.717) is 11.3 Å². The summed E-state index contributed by atoms with van der Waals surface area (Å²) in [6.45, 7) is 3.81. The predicted octanol–water partition coefficient (Wildman–Crippen LogP) is 2.07. The van der Waals surface area contributed by atoms with Gasteiger partial charge in [-0.2, -0.15) is 0 Å². The molecule has 0 saturated carbocycles. The van der Waals surface area contributed by atoms with Gasteiger partial charge in [-0.3, -0.25) is 14.4 Å². The van der Waals surface area contributed by atoms with E-state index >= 15 is 0 Å². The van der Waals surface area contributed by atoms with Gasteiger partial charge >= 0.3 is 41.6 Å². The van der Waals surface area contributed by atoms with E-state index in [2.05, 4.69) is 10.6 Å². The van der Waals surface area contributed by atoms with E-state index in [1.165, 1.54) is 31.3 Å². The van der Waals surface area contributed by atoms with E-state index in [4.69, 9.17) is 4.74 Å². The van der Waals surface area contributed by atoms with Crippen LogP contribution in [0.15, 0.2) is 48.7 Å². The van der Waals surface area contributed by atoms with E-state index in [-0.39, 0.29) is 29.6 Å². The van der Waals surface area contributed by atoms with Gasteiger partial charge in [0.2, 0.25) is 0 Å². The van der Waals surface area contributed by atoms with Crippen molar-refractivity contribution in [1.82, 2.24) is 15.5 Å². The van der Waals surface area contributed by atoms with Crippen LogP contribution in [0.5, 0.6) is 5.75 Å². The maximum atomic E-state index is 12.8. The van der Waals surface area contributed by atoms with E-state index in [0.717, 1.165) is 22.3 Å². The molecule has 0 fully saturated rings. The number of ether oxygens (including phenoxy) is 1. The topological polar surface area (TPSA) is 125 Å². The van der Waals surface area contributed by atoms with Gasteiger partial charge in [-0.1, -0.05) is 30.3 Å². The molecule has 35 heavy (non-hydrogen) atoms. The summed E-state index contributed by atoms with van der Waals surface area (Å²) >= 11 is 0. The number of carboxylic acids is 1. The van der Waals surface area contributed by atoms with Gasteiger partial charge in [0.1, 0.15) is 5.75 Å². The summed E-state index contributed by atoms with van der Waals surface area (Å²) in [4.78, 5) is 50.1. The second-order valence-electron chi connectivity index (χ2n) is 8.04. The Bertz CT molecular complexity index is 1180. The standard InChI is InChI=1S/C25H27N3O6.Na.H/c1-14-7-5-6-8-16(14)17-9-10-20(34-4)22(15(17)2)18(13-21(30)31)26-25(33)27-23-19(29)11-12-28(3)24(23)32;;/h5-12,18,23H,13H2,1-4H3,(H,30,31)(H2,26,27,33);;. The van der Waals surface area contributed by atoms with Gasteiger partial charge in [-0.15, -0.1) is 0 Å². The summed E-state index contributed by atoms with van der Waals surface area (Å²) in [5.41, 5.74) is 4.12. The Morgan fingerprint density at radius 1 is 1.11 bits per heavy atom. The van der Waals surface area contributed by atoms with Crippen molar-refractivity contribution in [3.8, 4) is 16.9 Å². The molecule has 9 nitrogen and oxygen atoms in total. The van der Waals surface area contributed by atoms with E-state index < -0.39 is 42.2 Å². The third-order valence-corrected chi connectivity index (χ3v) is 5.78. The summed E-state index contributed by atoms with van der Waals surface area (Å²) in [7, 11) is 2.93. The normalized spacial score (nSPS) is 15.8. The quantitative estimate of drug-likeness (QED) is 0.404. The number of nitrogens with one attached hydrogen (secondary N) is 2. The van der Waals surface area contributed by atoms with Gasteiger partial charge < -0.3 is 25.4 Å². The number of carboxylic acid groups (broad SMARTS) is 1. The summed E-state index contributed by atoms with van der Waals surface area (Å²) in [5, 5.41) is 14.5. The van der Waals surface area contributed by atoms with Crippen LogP contribution in [-0.2, 0) is 14.4 Å². The van der Waals surface area contributed by atoms with Crippen molar-refractivity contribution >= 4 is 53.2 Å². The molecule has 3 amide bonds. The Balaban J connectivity index is 0.00000432. The zero-order valence-corrected chi connectivity index (χ0v) is 19.4. The molecule has 2 aromatic rings. The fourth-order valence-corrected chi connectivity index (χ4v) is 4.03. The average molecular weight is 490 g/mol. The molecular weight excluding hydrogens is 461 g/mol. The number of likely N-dealkylation sites (N-methyl/N-ethyl adjacent to an activating group) is 1. The fraction of sp³-hybridized carbons (Fsp3) is 0.280. The van der Waals surface area contributed by atoms with Crippen molar-refractivity contribution < 1.29 is 29.0 Å². The minimum absolute atomic E-state index is 0. The third kappa shape index (κ3) is 6.30. The summed E-state index contributed by atoms with van der Waals surface area (Å²) < 4.78 is 5.50. The number of hydrogen-bond donors (Lipinski definition) is 3. The molecule has 2 atom stereocenters. The Hall–Kier alpha value is -3.14. The zero-order chi connectivity index (χ0) is 25.0. The van der Waals surface area contributed by atoms with Crippen LogP contribution in [0.1, 0.15) is 29.2 Å². The molecule has 2 unspecified atom stereocenters. The monoisotopic (exact) mass is 489 g/mol. The van der Waals surface area contributed by atoms with Crippen LogP contribution >= 0.6 is 0 Å². The molecule has 1 aliphatic heterocycles. The van der Waals surface area contributed by atoms with E-state index in [9.17, 15) is 24.3 Å². The molecular formula is C25H28N3NaO6. The van der Waals surface area contributed by atoms with Crippen molar-refractivity contribution in [2.24, 2.45) is 0 Å². The number of methoxy groups -OCH3 is 1. The molecule has 0 radical (unpaired) electrons. The van der Waals surface area contributed by atoms with Crippen molar-refractivity contribution in [2.75, 3.05) is 14.2 Å². The Kier molecular flexibility index (Phi) is 9.64. The second kappa shape index (κ2) is 12.0. The number of rotatable bonds is 7. The van der Waals surface area contributed by atoms with Gasteiger partial charge in [0, 0.05) is 24.9 Å². The van der Waals surface area contributed by atoms with Crippen molar-refractivity contribution in [3.63, 3.8) is 0 Å². The molecule has 1 aliphatic rings. The number of ketones is 1. The number of nitrogens with zero attached hydrogens (tertiary/aromatic N) is 1. The molecule has 0 bridgehead atoms. The molecule has 10 heteroatoms. The number of amides is 3. The molecule has 3 N–H and O–H groups in total. The zero-order valence-electron chi connectivity index (χ0n) is 19.4. The number of hydrogen-bond acceptors (Lipinski definition) is 5. The van der Waals surface area contributed by atoms with Crippen LogP contribution in [0, 0.1) is 13.8 Å². The molecule has 0 aliphatic carbocycles. The number of benzene rings is 2. The summed E-state index contributed by atoms with van der Waals surface area (Å²) in [6, 6.07) is 8.18. The van der Waals surface area contributed by atoms with Crippen LogP contribution in [0.4, 0.5) is 4.79 Å². The second-order valence-corrected chi connectivity index (χ2v) is 8.04. The first-order chi connectivity index (χ1) is 16.1. The van der Waals surface area contributed by atoms with E-state index in [1.807, 2.05) is 44.2 Å². The number of urea groups is 1. The first-order valence-electron chi connectivity index (χ1n) is 10.6. The average Bonchev–Trinajstić information content (AvgIpc) is 2.79. The van der Waals surface area contributed by atoms with Crippen LogP contribution < -0.4 is 15.4 Å². The number of aliphatic carboxylic acids is 1. The predicted molar refractivity (Wildman–Crippen MR) is 132 cm³/mol. The fourth-order valence-electron chi connectivity index (χ4n) is 4.03. The SMILES string of the molecule is COc1ccc(-c2ccccc2C)c(C)c1C(CC(=O)O)NC(=O)NC1C(=O)C=CN(C)C1=O.[NaH]. The Morgan fingerprint density at radius 2 is 1.80 bits per heavy atom. The van der Waals surface area contributed by atoms with Crippen molar-refractivity contribution in [1.29, 1.82) is 0 Å². The van der Waals surface area contributed by atoms with Crippen molar-refractivity contribution in [2.45, 2.75) is 32.4 Å². The number of carbonyl (C=O) groups is 4. The molecule has 180 valence electrons. The van der Waals surface area contributed by atoms with Gasteiger partial charge in [-0.05, 0) is 42.2 Å². The number of aryl methyl sites for hydroxylation is 1. The van der Waals surface area contributed by atoms with Gasteiger partial charge in [0.25, 0.3) is 5.91 Å². The van der Waals surface area contributed by atoms with Crippen LogP contribution in [-0.4, -0.2) is 83.5 Å². The molecule has 0 saturated heterocycles. The minimum atomic E-state index is -1.39. The van der Waals surface area contributed by atoms with Gasteiger partial charge in [-0.25, -0.2) is 4.79 Å². The summed E-state index contributed by atoms with van der Waals surface area (Å²) in [5.74, 6) is -1.88. The van der Waals surface area contributed by atoms with Crippen LogP contribution in [0.2, 0.25) is 0 Å². The van der Waals surface area contributed by atoms with Crippen LogP contribution in [0.25, 0.3) is 11.1 Å². The van der Waals surface area contributed by atoms with Gasteiger partial charge in [0.05, 0.1) is 19.6 Å². The number of carbonyl (C=O) groups excluding carboxylic acids is 3. The maximum absolute atomic E-state index is 12.8. The Morgan fingerprint density at radius 3 is 2.43 bits per heavy atom. The molecule has 1 heterocycles. The van der Waals surface area contributed by atoms with E-state index in [1.54, 1.807) is 6.07 Å².